The van der Waals surface area contributed by atoms with E-state index in [1.54, 1.807) is 0 Å². The minimum Gasteiger partial charge on any atom is -0.482 e. The average Bonchev–Trinajstić information content (AvgIpc) is 2.25. The number of hydrogen-bond acceptors (Lipinski definition) is 3. The summed E-state index contributed by atoms with van der Waals surface area (Å²) in [4.78, 5) is 10.4. The van der Waals surface area contributed by atoms with Crippen LogP contribution in [0.5, 0.6) is 5.75 Å². The molecule has 1 aliphatic rings. The molecule has 4 heteroatoms. The molecular weight excluding hydrogens is 206 g/mol. The molecule has 4 nitrogen and oxygen atoms in total. The van der Waals surface area contributed by atoms with Gasteiger partial charge in [0.15, 0.2) is 6.61 Å². The highest BCUT2D eigenvalue weighted by molar-refractivity contribution is 5.68. The van der Waals surface area contributed by atoms with Gasteiger partial charge in [-0.2, -0.15) is 0 Å². The number of aliphatic carboxylic acids is 1. The molecule has 16 heavy (non-hydrogen) atoms. The molecule has 1 atom stereocenters. The van der Waals surface area contributed by atoms with Crippen LogP contribution in [-0.4, -0.2) is 23.7 Å². The Morgan fingerprint density at radius 2 is 2.31 bits per heavy atom. The Balaban J connectivity index is 2.11. The molecule has 3 N–H and O–H groups in total. The Labute approximate surface area is 94.0 Å². The summed E-state index contributed by atoms with van der Waals surface area (Å²) in [6, 6.07) is 5.93. The summed E-state index contributed by atoms with van der Waals surface area (Å²) in [7, 11) is 0. The number of benzene rings is 1. The zero-order valence-corrected chi connectivity index (χ0v) is 8.98. The van der Waals surface area contributed by atoms with Gasteiger partial charge in [-0.3, -0.25) is 0 Å². The molecule has 0 saturated carbocycles. The molecule has 0 amide bonds. The summed E-state index contributed by atoms with van der Waals surface area (Å²) in [5.74, 6) is -0.357. The number of carbonyl (C=O) groups is 1. The van der Waals surface area contributed by atoms with Crippen molar-refractivity contribution in [2.24, 2.45) is 5.73 Å². The molecule has 1 aliphatic carbocycles. The minimum atomic E-state index is -0.963. The fourth-order valence-corrected chi connectivity index (χ4v) is 2.00. The molecule has 0 unspecified atom stereocenters. The van der Waals surface area contributed by atoms with E-state index in [-0.39, 0.29) is 12.6 Å². The second-order valence-electron chi connectivity index (χ2n) is 4.12. The number of aryl methyl sites for hydroxylation is 1. The Kier molecular flexibility index (Phi) is 3.10. The maximum Gasteiger partial charge on any atom is 0.341 e. The Morgan fingerprint density at radius 3 is 3.06 bits per heavy atom. The van der Waals surface area contributed by atoms with E-state index in [0.29, 0.717) is 5.75 Å². The molecule has 1 aromatic carbocycles. The second kappa shape index (κ2) is 4.53. The summed E-state index contributed by atoms with van der Waals surface area (Å²) in [6.07, 6.45) is 2.86. The molecule has 1 aromatic rings. The number of ether oxygens (including phenoxy) is 1. The third-order valence-electron chi connectivity index (χ3n) is 2.81. The first-order valence-corrected chi connectivity index (χ1v) is 5.37. The van der Waals surface area contributed by atoms with Gasteiger partial charge in [-0.1, -0.05) is 6.07 Å². The molecule has 0 radical (unpaired) electrons. The zero-order chi connectivity index (χ0) is 11.5. The van der Waals surface area contributed by atoms with Gasteiger partial charge in [0.05, 0.1) is 0 Å². The van der Waals surface area contributed by atoms with Crippen molar-refractivity contribution in [3.63, 3.8) is 0 Å². The first-order chi connectivity index (χ1) is 7.65. The second-order valence-corrected chi connectivity index (χ2v) is 4.12. The maximum atomic E-state index is 10.4. The molecule has 0 spiro atoms. The molecule has 0 saturated heterocycles. The van der Waals surface area contributed by atoms with Crippen LogP contribution in [0.4, 0.5) is 0 Å². The first kappa shape index (κ1) is 11.0. The van der Waals surface area contributed by atoms with Crippen LogP contribution < -0.4 is 10.5 Å². The number of rotatable bonds is 3. The predicted octanol–water partition coefficient (Wildman–Crippen LogP) is 0.966. The fourth-order valence-electron chi connectivity index (χ4n) is 2.00. The van der Waals surface area contributed by atoms with E-state index in [4.69, 9.17) is 15.6 Å². The van der Waals surface area contributed by atoms with Crippen LogP contribution >= 0.6 is 0 Å². The average molecular weight is 221 g/mol. The maximum absolute atomic E-state index is 10.4. The summed E-state index contributed by atoms with van der Waals surface area (Å²) >= 11 is 0. The van der Waals surface area contributed by atoms with Crippen LogP contribution in [0.1, 0.15) is 17.5 Å². The van der Waals surface area contributed by atoms with Crippen molar-refractivity contribution in [2.45, 2.75) is 25.3 Å². The van der Waals surface area contributed by atoms with Gasteiger partial charge in [0.1, 0.15) is 5.75 Å². The lowest BCUT2D eigenvalue weighted by Crippen LogP contribution is -2.27. The van der Waals surface area contributed by atoms with Gasteiger partial charge in [-0.05, 0) is 42.5 Å². The van der Waals surface area contributed by atoms with Crippen molar-refractivity contribution in [1.82, 2.24) is 0 Å². The molecule has 0 aliphatic heterocycles. The summed E-state index contributed by atoms with van der Waals surface area (Å²) < 4.78 is 5.13. The molecule has 86 valence electrons. The van der Waals surface area contributed by atoms with Crippen molar-refractivity contribution < 1.29 is 14.6 Å². The summed E-state index contributed by atoms with van der Waals surface area (Å²) in [5.41, 5.74) is 8.36. The molecule has 0 bridgehead atoms. The van der Waals surface area contributed by atoms with Crippen LogP contribution in [-0.2, 0) is 17.6 Å². The van der Waals surface area contributed by atoms with Crippen molar-refractivity contribution in [3.8, 4) is 5.75 Å². The van der Waals surface area contributed by atoms with Crippen LogP contribution in [0.25, 0.3) is 0 Å². The molecule has 0 aromatic heterocycles. The van der Waals surface area contributed by atoms with Crippen molar-refractivity contribution in [3.05, 3.63) is 29.3 Å². The highest BCUT2D eigenvalue weighted by atomic mass is 16.5. The van der Waals surface area contributed by atoms with E-state index < -0.39 is 5.97 Å². The van der Waals surface area contributed by atoms with Crippen LogP contribution in [0.15, 0.2) is 18.2 Å². The quantitative estimate of drug-likeness (QED) is 0.797. The van der Waals surface area contributed by atoms with Crippen LogP contribution in [0.3, 0.4) is 0 Å². The number of carboxylic acid groups (broad SMARTS) is 1. The smallest absolute Gasteiger partial charge is 0.341 e. The summed E-state index contributed by atoms with van der Waals surface area (Å²) in [6.45, 7) is -0.301. The van der Waals surface area contributed by atoms with E-state index in [2.05, 4.69) is 0 Å². The lowest BCUT2D eigenvalue weighted by Gasteiger charge is -2.21. The monoisotopic (exact) mass is 221 g/mol. The third-order valence-corrected chi connectivity index (χ3v) is 2.81. The van der Waals surface area contributed by atoms with E-state index in [9.17, 15) is 4.79 Å². The predicted molar refractivity (Wildman–Crippen MR) is 59.6 cm³/mol. The topological polar surface area (TPSA) is 72.5 Å². The van der Waals surface area contributed by atoms with Crippen LogP contribution in [0, 0.1) is 0 Å². The lowest BCUT2D eigenvalue weighted by atomic mass is 9.89. The van der Waals surface area contributed by atoms with Crippen molar-refractivity contribution in [2.75, 3.05) is 6.61 Å². The third kappa shape index (κ3) is 2.52. The van der Waals surface area contributed by atoms with E-state index in [1.165, 1.54) is 11.1 Å². The standard InChI is InChI=1S/C12H15NO3/c13-10-3-1-8-2-4-11(6-9(8)5-10)16-7-12(14)15/h2,4,6,10H,1,3,5,7,13H2,(H,14,15)/t10-/m0/s1. The fraction of sp³-hybridized carbons (Fsp3) is 0.417. The van der Waals surface area contributed by atoms with Gasteiger partial charge in [-0.25, -0.2) is 4.79 Å². The Morgan fingerprint density at radius 1 is 1.50 bits per heavy atom. The van der Waals surface area contributed by atoms with Gasteiger partial charge in [-0.15, -0.1) is 0 Å². The largest absolute Gasteiger partial charge is 0.482 e. The number of nitrogens with two attached hydrogens (primary N) is 1. The minimum absolute atomic E-state index is 0.210. The number of carboxylic acids is 1. The normalized spacial score (nSPS) is 18.9. The molecular formula is C12H15NO3. The van der Waals surface area contributed by atoms with E-state index in [0.717, 1.165) is 19.3 Å². The molecule has 2 rings (SSSR count). The first-order valence-electron chi connectivity index (χ1n) is 5.37. The van der Waals surface area contributed by atoms with E-state index >= 15 is 0 Å². The Hall–Kier alpha value is -1.55. The molecule has 0 fully saturated rings. The highest BCUT2D eigenvalue weighted by Crippen LogP contribution is 2.24. The number of hydrogen-bond donors (Lipinski definition) is 2. The zero-order valence-electron chi connectivity index (χ0n) is 8.98. The van der Waals surface area contributed by atoms with Gasteiger partial charge in [0, 0.05) is 6.04 Å². The molecule has 0 heterocycles. The number of fused-ring (bicyclic) bond motifs is 1. The van der Waals surface area contributed by atoms with Gasteiger partial charge in [0.2, 0.25) is 0 Å². The lowest BCUT2D eigenvalue weighted by molar-refractivity contribution is -0.139. The SMILES string of the molecule is N[C@H]1CCc2ccc(OCC(=O)O)cc2C1. The highest BCUT2D eigenvalue weighted by Gasteiger charge is 2.15. The van der Waals surface area contributed by atoms with E-state index in [1.807, 2.05) is 18.2 Å². The van der Waals surface area contributed by atoms with Gasteiger partial charge >= 0.3 is 5.97 Å². The van der Waals surface area contributed by atoms with Crippen LogP contribution in [0.2, 0.25) is 0 Å². The van der Waals surface area contributed by atoms with Crippen molar-refractivity contribution >= 4 is 5.97 Å². The van der Waals surface area contributed by atoms with Gasteiger partial charge < -0.3 is 15.6 Å². The van der Waals surface area contributed by atoms with Gasteiger partial charge in [0.25, 0.3) is 0 Å². The summed E-state index contributed by atoms with van der Waals surface area (Å²) in [5, 5.41) is 8.51. The Bertz CT molecular complexity index is 403. The van der Waals surface area contributed by atoms with Crippen molar-refractivity contribution in [1.29, 1.82) is 0 Å².